The lowest BCUT2D eigenvalue weighted by atomic mass is 10.0. The molecule has 21 heavy (non-hydrogen) atoms. The quantitative estimate of drug-likeness (QED) is 0.915. The molecule has 3 nitrogen and oxygen atoms in total. The van der Waals surface area contributed by atoms with E-state index in [-0.39, 0.29) is 5.91 Å². The Labute approximate surface area is 126 Å². The van der Waals surface area contributed by atoms with Crippen molar-refractivity contribution in [2.24, 2.45) is 0 Å². The van der Waals surface area contributed by atoms with Crippen LogP contribution < -0.4 is 10.1 Å². The molecule has 0 fully saturated rings. The van der Waals surface area contributed by atoms with Gasteiger partial charge in [-0.1, -0.05) is 30.3 Å². The number of hydrogen-bond acceptors (Lipinski definition) is 2. The molecule has 1 amide bonds. The zero-order chi connectivity index (χ0) is 15.2. The van der Waals surface area contributed by atoms with E-state index in [1.54, 1.807) is 7.11 Å². The third kappa shape index (κ3) is 4.35. The van der Waals surface area contributed by atoms with E-state index in [0.717, 1.165) is 16.9 Å². The maximum absolute atomic E-state index is 12.0. The minimum absolute atomic E-state index is 0.0362. The summed E-state index contributed by atoms with van der Waals surface area (Å²) in [5.74, 6) is 0.856. The van der Waals surface area contributed by atoms with Crippen LogP contribution in [0.2, 0.25) is 0 Å². The number of rotatable bonds is 5. The van der Waals surface area contributed by atoms with Gasteiger partial charge < -0.3 is 10.1 Å². The highest BCUT2D eigenvalue weighted by molar-refractivity contribution is 5.78. The number of benzene rings is 2. The molecule has 0 bridgehead atoms. The first-order valence-electron chi connectivity index (χ1n) is 7.04. The summed E-state index contributed by atoms with van der Waals surface area (Å²) in [5.41, 5.74) is 4.57. The van der Waals surface area contributed by atoms with Crippen LogP contribution in [-0.2, 0) is 17.8 Å². The average molecular weight is 283 g/mol. The van der Waals surface area contributed by atoms with E-state index in [9.17, 15) is 4.79 Å². The molecule has 0 saturated carbocycles. The van der Waals surface area contributed by atoms with Crippen LogP contribution in [0.4, 0.5) is 0 Å². The molecule has 0 aliphatic heterocycles. The molecule has 0 atom stereocenters. The largest absolute Gasteiger partial charge is 0.497 e. The highest BCUT2D eigenvalue weighted by Crippen LogP contribution is 2.12. The first kappa shape index (κ1) is 15.1. The summed E-state index contributed by atoms with van der Waals surface area (Å²) in [5, 5.41) is 2.94. The summed E-state index contributed by atoms with van der Waals surface area (Å²) in [6, 6.07) is 13.8. The molecule has 0 aromatic heterocycles. The number of hydrogen-bond donors (Lipinski definition) is 1. The van der Waals surface area contributed by atoms with E-state index >= 15 is 0 Å². The fourth-order valence-electron chi connectivity index (χ4n) is 2.11. The Balaban J connectivity index is 1.87. The summed E-state index contributed by atoms with van der Waals surface area (Å²) < 4.78 is 5.11. The predicted molar refractivity (Wildman–Crippen MR) is 84.5 cm³/mol. The van der Waals surface area contributed by atoms with Gasteiger partial charge >= 0.3 is 0 Å². The molecule has 0 saturated heterocycles. The summed E-state index contributed by atoms with van der Waals surface area (Å²) in [6.07, 6.45) is 0.414. The predicted octanol–water partition coefficient (Wildman–Crippen LogP) is 3.17. The Morgan fingerprint density at radius 1 is 1.00 bits per heavy atom. The van der Waals surface area contributed by atoms with Crippen LogP contribution in [-0.4, -0.2) is 13.0 Å². The summed E-state index contributed by atoms with van der Waals surface area (Å²) >= 11 is 0. The van der Waals surface area contributed by atoms with Gasteiger partial charge in [-0.15, -0.1) is 0 Å². The topological polar surface area (TPSA) is 38.3 Å². The molecule has 110 valence electrons. The molecule has 2 aromatic rings. The van der Waals surface area contributed by atoms with Gasteiger partial charge in [0.1, 0.15) is 5.75 Å². The van der Waals surface area contributed by atoms with Crippen LogP contribution in [0, 0.1) is 13.8 Å². The number of methoxy groups -OCH3 is 1. The van der Waals surface area contributed by atoms with Gasteiger partial charge in [0.25, 0.3) is 0 Å². The van der Waals surface area contributed by atoms with E-state index in [0.29, 0.717) is 13.0 Å². The van der Waals surface area contributed by atoms with Gasteiger partial charge in [0.15, 0.2) is 0 Å². The Morgan fingerprint density at radius 3 is 2.29 bits per heavy atom. The average Bonchev–Trinajstić information content (AvgIpc) is 2.49. The Kier molecular flexibility index (Phi) is 4.99. The van der Waals surface area contributed by atoms with Crippen molar-refractivity contribution in [3.63, 3.8) is 0 Å². The van der Waals surface area contributed by atoms with Crippen LogP contribution in [0.1, 0.15) is 22.3 Å². The molecule has 0 spiro atoms. The van der Waals surface area contributed by atoms with E-state index in [1.165, 1.54) is 11.1 Å². The van der Waals surface area contributed by atoms with E-state index in [4.69, 9.17) is 4.74 Å². The lowest BCUT2D eigenvalue weighted by molar-refractivity contribution is -0.120. The van der Waals surface area contributed by atoms with Crippen molar-refractivity contribution in [2.45, 2.75) is 26.8 Å². The second-order valence-electron chi connectivity index (χ2n) is 5.22. The fourth-order valence-corrected chi connectivity index (χ4v) is 2.11. The highest BCUT2D eigenvalue weighted by atomic mass is 16.5. The summed E-state index contributed by atoms with van der Waals surface area (Å²) in [6.45, 7) is 4.67. The molecule has 3 heteroatoms. The molecule has 0 aliphatic rings. The molecule has 0 aliphatic carbocycles. The summed E-state index contributed by atoms with van der Waals surface area (Å²) in [7, 11) is 1.64. The van der Waals surface area contributed by atoms with Crippen molar-refractivity contribution >= 4 is 5.91 Å². The van der Waals surface area contributed by atoms with Crippen molar-refractivity contribution in [3.8, 4) is 5.75 Å². The van der Waals surface area contributed by atoms with Crippen molar-refractivity contribution < 1.29 is 9.53 Å². The molecule has 1 N–H and O–H groups in total. The maximum atomic E-state index is 12.0. The zero-order valence-electron chi connectivity index (χ0n) is 12.8. The van der Waals surface area contributed by atoms with Gasteiger partial charge in [0, 0.05) is 6.54 Å². The van der Waals surface area contributed by atoms with Gasteiger partial charge in [0.05, 0.1) is 13.5 Å². The third-order valence-electron chi connectivity index (χ3n) is 3.58. The number of carbonyl (C=O) groups is 1. The third-order valence-corrected chi connectivity index (χ3v) is 3.58. The van der Waals surface area contributed by atoms with Crippen molar-refractivity contribution in [3.05, 3.63) is 64.7 Å². The normalized spacial score (nSPS) is 10.2. The zero-order valence-corrected chi connectivity index (χ0v) is 12.8. The minimum Gasteiger partial charge on any atom is -0.497 e. The molecular formula is C18H21NO2. The summed E-state index contributed by atoms with van der Waals surface area (Å²) in [4.78, 5) is 12.0. The second-order valence-corrected chi connectivity index (χ2v) is 5.22. The van der Waals surface area contributed by atoms with E-state index in [1.807, 2.05) is 30.3 Å². The monoisotopic (exact) mass is 283 g/mol. The molecule has 0 radical (unpaired) electrons. The van der Waals surface area contributed by atoms with Gasteiger partial charge in [-0.3, -0.25) is 4.79 Å². The molecule has 2 rings (SSSR count). The number of nitrogens with one attached hydrogen (secondary N) is 1. The SMILES string of the molecule is COc1ccc(CNC(=O)Cc2ccc(C)c(C)c2)cc1. The van der Waals surface area contributed by atoms with Crippen molar-refractivity contribution in [1.82, 2.24) is 5.32 Å². The minimum atomic E-state index is 0.0362. The Bertz CT molecular complexity index is 618. The van der Waals surface area contributed by atoms with Gasteiger partial charge in [-0.05, 0) is 48.2 Å². The number of amides is 1. The smallest absolute Gasteiger partial charge is 0.224 e. The Morgan fingerprint density at radius 2 is 1.67 bits per heavy atom. The van der Waals surface area contributed by atoms with Gasteiger partial charge in [0.2, 0.25) is 5.91 Å². The number of ether oxygens (including phenoxy) is 1. The highest BCUT2D eigenvalue weighted by Gasteiger charge is 2.04. The van der Waals surface area contributed by atoms with Crippen LogP contribution in [0.3, 0.4) is 0 Å². The number of carbonyl (C=O) groups excluding carboxylic acids is 1. The van der Waals surface area contributed by atoms with E-state index in [2.05, 4.69) is 31.3 Å². The van der Waals surface area contributed by atoms with Crippen LogP contribution in [0.5, 0.6) is 5.75 Å². The van der Waals surface area contributed by atoms with Gasteiger partial charge in [-0.25, -0.2) is 0 Å². The number of aryl methyl sites for hydroxylation is 2. The maximum Gasteiger partial charge on any atom is 0.224 e. The second kappa shape index (κ2) is 6.93. The van der Waals surface area contributed by atoms with E-state index < -0.39 is 0 Å². The van der Waals surface area contributed by atoms with Crippen LogP contribution in [0.25, 0.3) is 0 Å². The fraction of sp³-hybridized carbons (Fsp3) is 0.278. The van der Waals surface area contributed by atoms with Crippen LogP contribution in [0.15, 0.2) is 42.5 Å². The Hall–Kier alpha value is -2.29. The molecule has 0 heterocycles. The standard InChI is InChI=1S/C18H21NO2/c1-13-4-5-16(10-14(13)2)11-18(20)19-12-15-6-8-17(21-3)9-7-15/h4-10H,11-12H2,1-3H3,(H,19,20). The van der Waals surface area contributed by atoms with Crippen LogP contribution >= 0.6 is 0 Å². The lowest BCUT2D eigenvalue weighted by Crippen LogP contribution is -2.24. The molecule has 2 aromatic carbocycles. The van der Waals surface area contributed by atoms with Gasteiger partial charge in [-0.2, -0.15) is 0 Å². The first-order chi connectivity index (χ1) is 10.1. The first-order valence-corrected chi connectivity index (χ1v) is 7.04. The molecular weight excluding hydrogens is 262 g/mol. The van der Waals surface area contributed by atoms with Crippen molar-refractivity contribution in [2.75, 3.05) is 7.11 Å². The van der Waals surface area contributed by atoms with Crippen molar-refractivity contribution in [1.29, 1.82) is 0 Å². The lowest BCUT2D eigenvalue weighted by Gasteiger charge is -2.08. The molecule has 0 unspecified atom stereocenters.